The van der Waals surface area contributed by atoms with E-state index in [9.17, 15) is 5.11 Å². The second-order valence-corrected chi connectivity index (χ2v) is 7.09. The predicted molar refractivity (Wildman–Crippen MR) is 101 cm³/mol. The monoisotopic (exact) mass is 388 g/mol. The van der Waals surface area contributed by atoms with Gasteiger partial charge in [-0.25, -0.2) is 0 Å². The zero-order chi connectivity index (χ0) is 20.1. The molecular formula is C21H24O7. The molecule has 2 heterocycles. The van der Waals surface area contributed by atoms with Crippen molar-refractivity contribution in [1.82, 2.24) is 0 Å². The van der Waals surface area contributed by atoms with Gasteiger partial charge in [0.15, 0.2) is 23.0 Å². The fourth-order valence-corrected chi connectivity index (χ4v) is 3.97. The highest BCUT2D eigenvalue weighted by Gasteiger charge is 2.46. The Labute approximate surface area is 163 Å². The lowest BCUT2D eigenvalue weighted by Crippen LogP contribution is -2.45. The molecule has 0 radical (unpaired) electrons. The first-order valence-electron chi connectivity index (χ1n) is 9.05. The number of fused-ring (bicyclic) bond motifs is 2. The van der Waals surface area contributed by atoms with Crippen molar-refractivity contribution in [3.05, 3.63) is 35.4 Å². The normalized spacial score (nSPS) is 24.9. The molecule has 2 aromatic carbocycles. The highest BCUT2D eigenvalue weighted by molar-refractivity contribution is 5.62. The number of hydrogen-bond acceptors (Lipinski definition) is 7. The molecule has 1 N–H and O–H groups in total. The first-order valence-corrected chi connectivity index (χ1v) is 9.05. The van der Waals surface area contributed by atoms with Gasteiger partial charge in [0, 0.05) is 36.0 Å². The summed E-state index contributed by atoms with van der Waals surface area (Å²) in [6, 6.07) is 7.43. The molecule has 2 aromatic rings. The van der Waals surface area contributed by atoms with Crippen LogP contribution in [0.2, 0.25) is 0 Å². The third-order valence-corrected chi connectivity index (χ3v) is 5.57. The largest absolute Gasteiger partial charge is 0.493 e. The zero-order valence-electron chi connectivity index (χ0n) is 16.6. The van der Waals surface area contributed by atoms with Gasteiger partial charge >= 0.3 is 0 Å². The third-order valence-electron chi connectivity index (χ3n) is 5.57. The van der Waals surface area contributed by atoms with E-state index in [1.807, 2.05) is 25.1 Å². The van der Waals surface area contributed by atoms with Gasteiger partial charge in [-0.15, -0.1) is 0 Å². The Morgan fingerprint density at radius 3 is 2.25 bits per heavy atom. The summed E-state index contributed by atoms with van der Waals surface area (Å²) in [4.78, 5) is 0. The lowest BCUT2D eigenvalue weighted by atomic mass is 9.75. The molecule has 0 aliphatic carbocycles. The van der Waals surface area contributed by atoms with Gasteiger partial charge in [0.05, 0.1) is 21.3 Å². The van der Waals surface area contributed by atoms with Gasteiger partial charge in [-0.1, -0.05) is 13.0 Å². The summed E-state index contributed by atoms with van der Waals surface area (Å²) in [5.41, 5.74) is 1.74. The molecule has 3 atom stereocenters. The van der Waals surface area contributed by atoms with E-state index in [0.29, 0.717) is 34.5 Å². The molecule has 0 bridgehead atoms. The van der Waals surface area contributed by atoms with Gasteiger partial charge in [-0.3, -0.25) is 0 Å². The van der Waals surface area contributed by atoms with Crippen LogP contribution in [0.15, 0.2) is 24.3 Å². The van der Waals surface area contributed by atoms with Gasteiger partial charge in [0.25, 0.3) is 0 Å². The van der Waals surface area contributed by atoms with Gasteiger partial charge < -0.3 is 33.5 Å². The second kappa shape index (κ2) is 6.67. The average molecular weight is 388 g/mol. The zero-order valence-corrected chi connectivity index (χ0v) is 16.6. The predicted octanol–water partition coefficient (Wildman–Crippen LogP) is 3.31. The van der Waals surface area contributed by atoms with Crippen molar-refractivity contribution in [3.63, 3.8) is 0 Å². The van der Waals surface area contributed by atoms with Crippen molar-refractivity contribution in [2.45, 2.75) is 25.6 Å². The van der Waals surface area contributed by atoms with E-state index in [1.165, 1.54) is 0 Å². The number of methoxy groups -OCH3 is 3. The quantitative estimate of drug-likeness (QED) is 0.861. The minimum absolute atomic E-state index is 0.161. The van der Waals surface area contributed by atoms with Crippen LogP contribution in [0.25, 0.3) is 0 Å². The molecule has 2 aliphatic heterocycles. The Kier molecular flexibility index (Phi) is 4.42. The fourth-order valence-electron chi connectivity index (χ4n) is 3.97. The van der Waals surface area contributed by atoms with E-state index in [0.717, 1.165) is 11.1 Å². The number of aliphatic hydroxyl groups is 1. The first kappa shape index (κ1) is 18.6. The molecule has 28 heavy (non-hydrogen) atoms. The van der Waals surface area contributed by atoms with Crippen LogP contribution in [0.3, 0.4) is 0 Å². The van der Waals surface area contributed by atoms with Gasteiger partial charge in [-0.05, 0) is 12.1 Å². The van der Waals surface area contributed by atoms with Crippen LogP contribution in [0.5, 0.6) is 34.5 Å². The smallest absolute Gasteiger partial charge is 0.231 e. The molecule has 2 aliphatic rings. The van der Waals surface area contributed by atoms with Gasteiger partial charge in [0.1, 0.15) is 5.75 Å². The summed E-state index contributed by atoms with van der Waals surface area (Å²) in [7, 11) is 4.73. The molecular weight excluding hydrogens is 364 g/mol. The third kappa shape index (κ3) is 2.69. The van der Waals surface area contributed by atoms with Gasteiger partial charge in [-0.2, -0.15) is 0 Å². The Bertz CT molecular complexity index is 906. The molecule has 7 heteroatoms. The number of benzene rings is 2. The number of rotatable bonds is 4. The van der Waals surface area contributed by atoms with Crippen molar-refractivity contribution >= 4 is 0 Å². The Balaban J connectivity index is 1.95. The standard InChI is InChI=1S/C21H24O7/c1-11-18(12-6-7-14(23-3)20(25-5)19(12)24-4)13-8-16-17(27-10-26-16)9-15(13)28-21(11,2)22/h6-9,11,18,22H,10H2,1-5H3/t11-,18-,21+/m0/s1. The fraction of sp³-hybridized carbons (Fsp3) is 0.429. The highest BCUT2D eigenvalue weighted by atomic mass is 16.7. The van der Waals surface area contributed by atoms with Crippen molar-refractivity contribution in [3.8, 4) is 34.5 Å². The van der Waals surface area contributed by atoms with Crippen molar-refractivity contribution in [1.29, 1.82) is 0 Å². The lowest BCUT2D eigenvalue weighted by molar-refractivity contribution is -0.171. The summed E-state index contributed by atoms with van der Waals surface area (Å²) >= 11 is 0. The van der Waals surface area contributed by atoms with Crippen LogP contribution in [0.1, 0.15) is 30.9 Å². The summed E-state index contributed by atoms with van der Waals surface area (Å²) in [6.07, 6.45) is 0. The lowest BCUT2D eigenvalue weighted by Gasteiger charge is -2.42. The van der Waals surface area contributed by atoms with E-state index in [2.05, 4.69) is 0 Å². The maximum Gasteiger partial charge on any atom is 0.231 e. The summed E-state index contributed by atoms with van der Waals surface area (Å²) < 4.78 is 33.6. The van der Waals surface area contributed by atoms with E-state index >= 15 is 0 Å². The molecule has 0 saturated heterocycles. The topological polar surface area (TPSA) is 75.6 Å². The minimum Gasteiger partial charge on any atom is -0.493 e. The molecule has 0 amide bonds. The molecule has 0 spiro atoms. The van der Waals surface area contributed by atoms with Crippen LogP contribution < -0.4 is 28.4 Å². The molecule has 7 nitrogen and oxygen atoms in total. The van der Waals surface area contributed by atoms with E-state index in [4.69, 9.17) is 28.4 Å². The highest BCUT2D eigenvalue weighted by Crippen LogP contribution is 2.54. The minimum atomic E-state index is -1.39. The van der Waals surface area contributed by atoms with E-state index in [-0.39, 0.29) is 18.6 Å². The Morgan fingerprint density at radius 1 is 0.929 bits per heavy atom. The van der Waals surface area contributed by atoms with Crippen molar-refractivity contribution in [2.24, 2.45) is 5.92 Å². The molecule has 0 aromatic heterocycles. The van der Waals surface area contributed by atoms with E-state index < -0.39 is 5.79 Å². The van der Waals surface area contributed by atoms with Gasteiger partial charge in [0.2, 0.25) is 18.3 Å². The molecule has 4 rings (SSSR count). The average Bonchev–Trinajstić information content (AvgIpc) is 3.13. The molecule has 0 fully saturated rings. The van der Waals surface area contributed by atoms with Crippen LogP contribution in [0, 0.1) is 5.92 Å². The Morgan fingerprint density at radius 2 is 1.61 bits per heavy atom. The van der Waals surface area contributed by atoms with Crippen molar-refractivity contribution in [2.75, 3.05) is 28.1 Å². The maximum atomic E-state index is 11.0. The van der Waals surface area contributed by atoms with Crippen LogP contribution >= 0.6 is 0 Å². The maximum absolute atomic E-state index is 11.0. The second-order valence-electron chi connectivity index (χ2n) is 7.09. The molecule has 0 unspecified atom stereocenters. The molecule has 0 saturated carbocycles. The first-order chi connectivity index (χ1) is 13.4. The number of hydrogen-bond donors (Lipinski definition) is 1. The van der Waals surface area contributed by atoms with Crippen molar-refractivity contribution < 1.29 is 33.5 Å². The van der Waals surface area contributed by atoms with Crippen LogP contribution in [-0.4, -0.2) is 39.0 Å². The summed E-state index contributed by atoms with van der Waals surface area (Å²) in [5, 5.41) is 11.0. The summed E-state index contributed by atoms with van der Waals surface area (Å²) in [5.74, 6) is 1.53. The SMILES string of the molecule is COc1ccc([C@H]2c3cc4c(cc3O[C@@](C)(O)[C@H]2C)OCO4)c(OC)c1OC. The molecule has 150 valence electrons. The van der Waals surface area contributed by atoms with E-state index in [1.54, 1.807) is 34.3 Å². The number of ether oxygens (including phenoxy) is 6. The van der Waals surface area contributed by atoms with Crippen LogP contribution in [0.4, 0.5) is 0 Å². The summed E-state index contributed by atoms with van der Waals surface area (Å²) in [6.45, 7) is 3.76. The van der Waals surface area contributed by atoms with Crippen LogP contribution in [-0.2, 0) is 0 Å². The Hall–Kier alpha value is -2.80.